The summed E-state index contributed by atoms with van der Waals surface area (Å²) in [6.45, 7) is 0.252. The molecule has 1 amide bonds. The Hall–Kier alpha value is -3.16. The largest absolute Gasteiger partial charge is 0.280 e. The van der Waals surface area contributed by atoms with Gasteiger partial charge in [-0.15, -0.1) is 0 Å². The number of benzene rings is 3. The number of rotatable bonds is 7. The number of amides is 1. The van der Waals surface area contributed by atoms with E-state index >= 15 is 0 Å². The highest BCUT2D eigenvalue weighted by molar-refractivity contribution is 7.92. The van der Waals surface area contributed by atoms with Crippen molar-refractivity contribution in [1.82, 2.24) is 5.48 Å². The van der Waals surface area contributed by atoms with E-state index in [4.69, 9.17) is 4.84 Å². The quantitative estimate of drug-likeness (QED) is 0.614. The molecule has 7 heteroatoms. The summed E-state index contributed by atoms with van der Waals surface area (Å²) in [7, 11) is -3.67. The molecule has 0 heterocycles. The van der Waals surface area contributed by atoms with E-state index in [0.29, 0.717) is 11.3 Å². The topological polar surface area (TPSA) is 84.5 Å². The summed E-state index contributed by atoms with van der Waals surface area (Å²) in [6, 6.07) is 23.6. The van der Waals surface area contributed by atoms with E-state index in [9.17, 15) is 13.2 Å². The summed E-state index contributed by atoms with van der Waals surface area (Å²) in [5.74, 6) is -0.414. The van der Waals surface area contributed by atoms with E-state index in [1.165, 1.54) is 36.4 Å². The molecule has 2 N–H and O–H groups in total. The summed E-state index contributed by atoms with van der Waals surface area (Å²) >= 11 is 0. The molecule has 0 spiro atoms. The van der Waals surface area contributed by atoms with Crippen LogP contribution in [0.5, 0.6) is 0 Å². The number of sulfonamides is 1. The third-order valence-electron chi connectivity index (χ3n) is 3.70. The Morgan fingerprint density at radius 1 is 0.815 bits per heavy atom. The Kier molecular flexibility index (Phi) is 5.85. The van der Waals surface area contributed by atoms with Gasteiger partial charge in [0.1, 0.15) is 0 Å². The van der Waals surface area contributed by atoms with Gasteiger partial charge in [-0.3, -0.25) is 14.4 Å². The lowest BCUT2D eigenvalue weighted by Gasteiger charge is -2.09. The van der Waals surface area contributed by atoms with Crippen LogP contribution in [-0.2, 0) is 21.5 Å². The smallest absolute Gasteiger partial charge is 0.274 e. The first-order valence-corrected chi connectivity index (χ1v) is 9.67. The fourth-order valence-electron chi connectivity index (χ4n) is 2.32. The van der Waals surface area contributed by atoms with Gasteiger partial charge < -0.3 is 0 Å². The minimum absolute atomic E-state index is 0.168. The fraction of sp³-hybridized carbons (Fsp3) is 0.0500. The van der Waals surface area contributed by atoms with Gasteiger partial charge in [0.25, 0.3) is 15.9 Å². The third-order valence-corrected chi connectivity index (χ3v) is 5.10. The zero-order valence-corrected chi connectivity index (χ0v) is 15.1. The first kappa shape index (κ1) is 18.6. The van der Waals surface area contributed by atoms with Gasteiger partial charge in [0, 0.05) is 11.3 Å². The Bertz CT molecular complexity index is 989. The molecule has 6 nitrogen and oxygen atoms in total. The second kappa shape index (κ2) is 8.48. The van der Waals surface area contributed by atoms with Gasteiger partial charge in [-0.2, -0.15) is 0 Å². The maximum absolute atomic E-state index is 12.3. The summed E-state index contributed by atoms with van der Waals surface area (Å²) in [5.41, 5.74) is 4.01. The average Bonchev–Trinajstić information content (AvgIpc) is 2.70. The second-order valence-electron chi connectivity index (χ2n) is 5.70. The summed E-state index contributed by atoms with van der Waals surface area (Å²) in [4.78, 5) is 17.4. The molecule has 0 aromatic heterocycles. The molecular formula is C20H18N2O4S. The van der Waals surface area contributed by atoms with E-state index in [1.807, 2.05) is 30.3 Å². The van der Waals surface area contributed by atoms with E-state index in [0.717, 1.165) is 5.56 Å². The van der Waals surface area contributed by atoms with Crippen LogP contribution in [-0.4, -0.2) is 14.3 Å². The van der Waals surface area contributed by atoms with Crippen LogP contribution >= 0.6 is 0 Å². The zero-order valence-electron chi connectivity index (χ0n) is 14.3. The van der Waals surface area contributed by atoms with Gasteiger partial charge in [-0.05, 0) is 42.0 Å². The van der Waals surface area contributed by atoms with E-state index in [-0.39, 0.29) is 11.5 Å². The normalized spacial score (nSPS) is 11.0. The zero-order chi connectivity index (χ0) is 19.1. The molecule has 0 bridgehead atoms. The van der Waals surface area contributed by atoms with E-state index in [1.54, 1.807) is 18.2 Å². The molecule has 3 aromatic rings. The van der Waals surface area contributed by atoms with Crippen molar-refractivity contribution < 1.29 is 18.0 Å². The highest BCUT2D eigenvalue weighted by atomic mass is 32.2. The third kappa shape index (κ3) is 5.16. The van der Waals surface area contributed by atoms with Crippen LogP contribution in [0.3, 0.4) is 0 Å². The number of anilines is 1. The summed E-state index contributed by atoms with van der Waals surface area (Å²) in [6.07, 6.45) is 0. The molecule has 0 aliphatic carbocycles. The monoisotopic (exact) mass is 382 g/mol. The van der Waals surface area contributed by atoms with Crippen LogP contribution < -0.4 is 10.2 Å². The molecule has 27 heavy (non-hydrogen) atoms. The number of hydrogen-bond donors (Lipinski definition) is 2. The maximum Gasteiger partial charge on any atom is 0.274 e. The van der Waals surface area contributed by atoms with Crippen molar-refractivity contribution >= 4 is 21.6 Å². The predicted octanol–water partition coefficient (Wildman–Crippen LogP) is 3.35. The van der Waals surface area contributed by atoms with Crippen LogP contribution in [0, 0.1) is 0 Å². The SMILES string of the molecule is O=C(NOCc1ccccc1)c1ccc(NS(=O)(=O)c2ccccc2)cc1. The van der Waals surface area contributed by atoms with E-state index < -0.39 is 15.9 Å². The lowest BCUT2D eigenvalue weighted by molar-refractivity contribution is 0.0233. The number of carbonyl (C=O) groups excluding carboxylic acids is 1. The average molecular weight is 382 g/mol. The molecular weight excluding hydrogens is 364 g/mol. The van der Waals surface area contributed by atoms with Crippen molar-refractivity contribution in [3.63, 3.8) is 0 Å². The fourth-order valence-corrected chi connectivity index (χ4v) is 3.40. The number of hydrogen-bond acceptors (Lipinski definition) is 4. The van der Waals surface area contributed by atoms with Gasteiger partial charge in [0.05, 0.1) is 11.5 Å². The molecule has 138 valence electrons. The van der Waals surface area contributed by atoms with E-state index in [2.05, 4.69) is 10.2 Å². The molecule has 0 aliphatic heterocycles. The molecule has 0 saturated heterocycles. The molecule has 3 aromatic carbocycles. The molecule has 0 saturated carbocycles. The number of hydroxylamine groups is 1. The van der Waals surface area contributed by atoms with Gasteiger partial charge in [0.2, 0.25) is 0 Å². The van der Waals surface area contributed by atoms with Gasteiger partial charge in [-0.1, -0.05) is 48.5 Å². The lowest BCUT2D eigenvalue weighted by Crippen LogP contribution is -2.23. The van der Waals surface area contributed by atoms with Crippen molar-refractivity contribution in [2.45, 2.75) is 11.5 Å². The molecule has 0 radical (unpaired) electrons. The Morgan fingerprint density at radius 3 is 2.04 bits per heavy atom. The summed E-state index contributed by atoms with van der Waals surface area (Å²) < 4.78 is 27.0. The first-order valence-electron chi connectivity index (χ1n) is 8.18. The van der Waals surface area contributed by atoms with Crippen LogP contribution in [0.4, 0.5) is 5.69 Å². The Balaban J connectivity index is 1.57. The Labute approximate surface area is 157 Å². The standard InChI is InChI=1S/C20H18N2O4S/c23-20(21-26-15-16-7-3-1-4-8-16)17-11-13-18(14-12-17)22-27(24,25)19-9-5-2-6-10-19/h1-14,22H,15H2,(H,21,23). The predicted molar refractivity (Wildman–Crippen MR) is 102 cm³/mol. The highest BCUT2D eigenvalue weighted by Crippen LogP contribution is 2.16. The van der Waals surface area contributed by atoms with Crippen molar-refractivity contribution in [2.24, 2.45) is 0 Å². The van der Waals surface area contributed by atoms with Crippen LogP contribution in [0.2, 0.25) is 0 Å². The van der Waals surface area contributed by atoms with Crippen LogP contribution in [0.1, 0.15) is 15.9 Å². The van der Waals surface area contributed by atoms with Crippen molar-refractivity contribution in [3.05, 3.63) is 96.1 Å². The number of carbonyl (C=O) groups is 1. The van der Waals surface area contributed by atoms with Gasteiger partial charge in [-0.25, -0.2) is 13.9 Å². The molecule has 0 fully saturated rings. The molecule has 0 atom stereocenters. The second-order valence-corrected chi connectivity index (χ2v) is 7.38. The lowest BCUT2D eigenvalue weighted by atomic mass is 10.2. The van der Waals surface area contributed by atoms with Crippen LogP contribution in [0.15, 0.2) is 89.8 Å². The number of nitrogens with one attached hydrogen (secondary N) is 2. The highest BCUT2D eigenvalue weighted by Gasteiger charge is 2.14. The van der Waals surface area contributed by atoms with Crippen molar-refractivity contribution in [3.8, 4) is 0 Å². The van der Waals surface area contributed by atoms with Gasteiger partial charge >= 0.3 is 0 Å². The maximum atomic E-state index is 12.3. The minimum atomic E-state index is -3.67. The van der Waals surface area contributed by atoms with Gasteiger partial charge in [0.15, 0.2) is 0 Å². The van der Waals surface area contributed by atoms with Crippen molar-refractivity contribution in [1.29, 1.82) is 0 Å². The molecule has 0 unspecified atom stereocenters. The molecule has 0 aliphatic rings. The molecule has 3 rings (SSSR count). The summed E-state index contributed by atoms with van der Waals surface area (Å²) in [5, 5.41) is 0. The van der Waals surface area contributed by atoms with Crippen molar-refractivity contribution in [2.75, 3.05) is 4.72 Å². The minimum Gasteiger partial charge on any atom is -0.280 e. The first-order chi connectivity index (χ1) is 13.0. The van der Waals surface area contributed by atoms with Crippen LogP contribution in [0.25, 0.3) is 0 Å². The Morgan fingerprint density at radius 2 is 1.41 bits per heavy atom.